The highest BCUT2D eigenvalue weighted by atomic mass is 19.4. The van der Waals surface area contributed by atoms with Gasteiger partial charge in [0.1, 0.15) is 6.33 Å². The van der Waals surface area contributed by atoms with Crippen molar-refractivity contribution in [2.45, 2.75) is 12.4 Å². The van der Waals surface area contributed by atoms with Crippen LogP contribution < -0.4 is 5.73 Å². The first kappa shape index (κ1) is 21.9. The molecular formula is C18H10F7N5O. The Morgan fingerprint density at radius 3 is 2.06 bits per heavy atom. The predicted octanol–water partition coefficient (Wildman–Crippen LogP) is 4.00. The van der Waals surface area contributed by atoms with Crippen LogP contribution in [0.1, 0.15) is 16.7 Å². The minimum Gasteiger partial charge on any atom is -0.366 e. The largest absolute Gasteiger partial charge is 0.416 e. The molecule has 6 nitrogen and oxygen atoms in total. The van der Waals surface area contributed by atoms with Crippen LogP contribution >= 0.6 is 0 Å². The fourth-order valence-electron chi connectivity index (χ4n) is 2.50. The topological polar surface area (TPSA) is 86.7 Å². The van der Waals surface area contributed by atoms with Gasteiger partial charge in [0.25, 0.3) is 5.91 Å². The summed E-state index contributed by atoms with van der Waals surface area (Å²) in [5.41, 5.74) is 1.56. The number of amides is 1. The summed E-state index contributed by atoms with van der Waals surface area (Å²) in [4.78, 5) is 18.8. The van der Waals surface area contributed by atoms with Crippen LogP contribution in [0.5, 0.6) is 0 Å². The summed E-state index contributed by atoms with van der Waals surface area (Å²) in [7, 11) is 0. The fourth-order valence-corrected chi connectivity index (χ4v) is 2.50. The number of nitrogens with two attached hydrogens (primary N) is 1. The Hall–Kier alpha value is -3.77. The van der Waals surface area contributed by atoms with Gasteiger partial charge in [0.15, 0.2) is 5.82 Å². The molecule has 0 spiro atoms. The minimum absolute atomic E-state index is 0.0207. The van der Waals surface area contributed by atoms with E-state index in [1.165, 1.54) is 6.07 Å². The van der Waals surface area contributed by atoms with Crippen LogP contribution in [0.2, 0.25) is 0 Å². The van der Waals surface area contributed by atoms with Crippen LogP contribution in [0.15, 0.2) is 42.9 Å². The Morgan fingerprint density at radius 2 is 1.58 bits per heavy atom. The highest BCUT2D eigenvalue weighted by molar-refractivity contribution is 6.22. The molecule has 0 unspecified atom stereocenters. The predicted molar refractivity (Wildman–Crippen MR) is 93.0 cm³/mol. The lowest BCUT2D eigenvalue weighted by molar-refractivity contribution is -0.143. The number of carbonyl (C=O) groups excluding carboxylic acids is 1. The maximum absolute atomic E-state index is 13.0. The summed E-state index contributed by atoms with van der Waals surface area (Å²) >= 11 is 0. The zero-order valence-corrected chi connectivity index (χ0v) is 15.0. The molecule has 0 atom stereocenters. The van der Waals surface area contributed by atoms with Crippen molar-refractivity contribution >= 4 is 17.7 Å². The van der Waals surface area contributed by atoms with Crippen LogP contribution in [0.25, 0.3) is 23.2 Å². The lowest BCUT2D eigenvalue weighted by Gasteiger charge is -2.13. The number of hydrogen-bond donors (Lipinski definition) is 1. The van der Waals surface area contributed by atoms with Crippen LogP contribution in [0, 0.1) is 5.95 Å². The third-order valence-electron chi connectivity index (χ3n) is 3.92. The van der Waals surface area contributed by atoms with Gasteiger partial charge in [0.2, 0.25) is 5.95 Å². The van der Waals surface area contributed by atoms with E-state index in [2.05, 4.69) is 15.1 Å². The van der Waals surface area contributed by atoms with E-state index < -0.39 is 46.7 Å². The van der Waals surface area contributed by atoms with Crippen molar-refractivity contribution in [2.75, 3.05) is 0 Å². The van der Waals surface area contributed by atoms with Crippen LogP contribution in [-0.2, 0) is 17.1 Å². The van der Waals surface area contributed by atoms with Gasteiger partial charge < -0.3 is 5.73 Å². The first-order chi connectivity index (χ1) is 14.3. The van der Waals surface area contributed by atoms with E-state index in [-0.39, 0.29) is 17.2 Å². The maximum Gasteiger partial charge on any atom is 0.416 e. The average Bonchev–Trinajstić information content (AvgIpc) is 3.14. The number of pyridine rings is 1. The Labute approximate surface area is 168 Å². The van der Waals surface area contributed by atoms with E-state index in [0.717, 1.165) is 29.5 Å². The Balaban J connectivity index is 2.06. The Kier molecular flexibility index (Phi) is 5.53. The molecule has 0 radical (unpaired) electrons. The Bertz CT molecular complexity index is 1120. The van der Waals surface area contributed by atoms with E-state index in [4.69, 9.17) is 5.73 Å². The molecule has 31 heavy (non-hydrogen) atoms. The second-order valence-electron chi connectivity index (χ2n) is 6.12. The van der Waals surface area contributed by atoms with Gasteiger partial charge in [0, 0.05) is 23.5 Å². The number of alkyl halides is 6. The summed E-state index contributed by atoms with van der Waals surface area (Å²) in [5, 5.41) is 3.78. The van der Waals surface area contributed by atoms with Crippen LogP contribution in [-0.4, -0.2) is 25.7 Å². The molecule has 0 aliphatic carbocycles. The SMILES string of the molecule is NC(=O)/C(=C\n1cnc(-c2cc(C(F)(F)F)cc(C(F)(F)F)c2)n1)c1ccc(F)nc1. The summed E-state index contributed by atoms with van der Waals surface area (Å²) in [6, 6.07) is 3.07. The molecule has 2 N–H and O–H groups in total. The third-order valence-corrected chi connectivity index (χ3v) is 3.92. The smallest absolute Gasteiger partial charge is 0.366 e. The van der Waals surface area contributed by atoms with Gasteiger partial charge in [-0.2, -0.15) is 30.7 Å². The van der Waals surface area contributed by atoms with Gasteiger partial charge in [-0.1, -0.05) is 0 Å². The Morgan fingerprint density at radius 1 is 0.968 bits per heavy atom. The number of primary amides is 1. The monoisotopic (exact) mass is 445 g/mol. The molecule has 1 amide bonds. The highest BCUT2D eigenvalue weighted by Crippen LogP contribution is 2.38. The number of hydrogen-bond acceptors (Lipinski definition) is 4. The molecule has 0 saturated carbocycles. The molecule has 0 aliphatic rings. The minimum atomic E-state index is -5.03. The number of carbonyl (C=O) groups is 1. The number of halogens is 7. The second kappa shape index (κ2) is 7.81. The molecule has 2 aromatic heterocycles. The highest BCUT2D eigenvalue weighted by Gasteiger charge is 2.37. The molecule has 0 aliphatic heterocycles. The van der Waals surface area contributed by atoms with Gasteiger partial charge >= 0.3 is 12.4 Å². The van der Waals surface area contributed by atoms with E-state index in [9.17, 15) is 35.5 Å². The van der Waals surface area contributed by atoms with E-state index in [1.54, 1.807) is 0 Å². The van der Waals surface area contributed by atoms with Crippen molar-refractivity contribution in [3.8, 4) is 11.4 Å². The maximum atomic E-state index is 13.0. The molecule has 3 rings (SSSR count). The van der Waals surface area contributed by atoms with Crippen LogP contribution in [0.3, 0.4) is 0 Å². The molecule has 0 fully saturated rings. The first-order valence-electron chi connectivity index (χ1n) is 8.19. The fraction of sp³-hybridized carbons (Fsp3) is 0.111. The van der Waals surface area contributed by atoms with Crippen molar-refractivity contribution in [2.24, 2.45) is 5.73 Å². The molecule has 3 aromatic rings. The lowest BCUT2D eigenvalue weighted by Crippen LogP contribution is -2.14. The molecule has 2 heterocycles. The van der Waals surface area contributed by atoms with Crippen LogP contribution in [0.4, 0.5) is 30.7 Å². The molecule has 162 valence electrons. The lowest BCUT2D eigenvalue weighted by atomic mass is 10.0. The number of benzene rings is 1. The summed E-state index contributed by atoms with van der Waals surface area (Å²) < 4.78 is 92.0. The van der Waals surface area contributed by atoms with Crippen molar-refractivity contribution < 1.29 is 35.5 Å². The molecule has 0 bridgehead atoms. The normalized spacial score (nSPS) is 12.8. The van der Waals surface area contributed by atoms with Gasteiger partial charge in [-0.25, -0.2) is 14.6 Å². The molecule has 13 heteroatoms. The molecule has 0 saturated heterocycles. The molecular weight excluding hydrogens is 435 g/mol. The quantitative estimate of drug-likeness (QED) is 0.374. The van der Waals surface area contributed by atoms with Gasteiger partial charge in [-0.15, -0.1) is 5.10 Å². The third kappa shape index (κ3) is 5.05. The number of rotatable bonds is 4. The number of nitrogens with zero attached hydrogens (tertiary/aromatic N) is 4. The zero-order chi connectivity index (χ0) is 23.0. The molecule has 1 aromatic carbocycles. The standard InChI is InChI=1S/C18H10F7N5O/c19-14-2-1-9(6-27-14)13(15(26)31)7-30-8-28-16(29-30)10-3-11(17(20,21)22)5-12(4-10)18(23,24)25/h1-8H,(H2,26,31)/b13-7-. The van der Waals surface area contributed by atoms with Crippen molar-refractivity contribution in [1.82, 2.24) is 19.7 Å². The van der Waals surface area contributed by atoms with Crippen molar-refractivity contribution in [3.63, 3.8) is 0 Å². The zero-order valence-electron chi connectivity index (χ0n) is 15.0. The first-order valence-corrected chi connectivity index (χ1v) is 8.19. The summed E-state index contributed by atoms with van der Waals surface area (Å²) in [6.07, 6.45) is -7.10. The van der Waals surface area contributed by atoms with E-state index in [0.29, 0.717) is 12.1 Å². The average molecular weight is 445 g/mol. The number of aromatic nitrogens is 4. The van der Waals surface area contributed by atoms with Crippen molar-refractivity contribution in [3.05, 3.63) is 65.5 Å². The van der Waals surface area contributed by atoms with Crippen molar-refractivity contribution in [1.29, 1.82) is 0 Å². The van der Waals surface area contributed by atoms with Gasteiger partial charge in [0.05, 0.1) is 16.7 Å². The second-order valence-corrected chi connectivity index (χ2v) is 6.12. The van der Waals surface area contributed by atoms with Gasteiger partial charge in [-0.3, -0.25) is 4.79 Å². The van der Waals surface area contributed by atoms with E-state index in [1.807, 2.05) is 0 Å². The van der Waals surface area contributed by atoms with Gasteiger partial charge in [-0.05, 0) is 30.3 Å². The summed E-state index contributed by atoms with van der Waals surface area (Å²) in [6.45, 7) is 0. The van der Waals surface area contributed by atoms with E-state index >= 15 is 0 Å². The summed E-state index contributed by atoms with van der Waals surface area (Å²) in [5.74, 6) is -2.25.